The van der Waals surface area contributed by atoms with Crippen LogP contribution < -0.4 is 5.32 Å². The maximum atomic E-state index is 5.45. The van der Waals surface area contributed by atoms with Gasteiger partial charge < -0.3 is 10.1 Å². The maximum Gasteiger partial charge on any atom is 0.0511 e. The number of hydrogen-bond acceptors (Lipinski definition) is 2. The Morgan fingerprint density at radius 3 is 3.13 bits per heavy atom. The molecule has 1 aromatic rings. The third kappa shape index (κ3) is 3.65. The Labute approximate surface area is 105 Å². The Bertz CT molecular complexity index is 310. The lowest BCUT2D eigenvalue weighted by Gasteiger charge is -2.22. The lowest BCUT2D eigenvalue weighted by Crippen LogP contribution is -2.24. The molecule has 1 N–H and O–H groups in total. The molecule has 1 unspecified atom stereocenters. The summed E-state index contributed by atoms with van der Waals surface area (Å²) in [4.78, 5) is 0. The van der Waals surface area contributed by atoms with Crippen molar-refractivity contribution >= 4 is 28.3 Å². The number of rotatable bonds is 3. The van der Waals surface area contributed by atoms with Gasteiger partial charge in [-0.2, -0.15) is 0 Å². The highest BCUT2D eigenvalue weighted by molar-refractivity contribution is 14.1. The van der Waals surface area contributed by atoms with Crippen LogP contribution in [0.15, 0.2) is 24.3 Å². The first-order valence-electron chi connectivity index (χ1n) is 5.42. The first-order chi connectivity index (χ1) is 7.34. The fraction of sp³-hybridized carbons (Fsp3) is 0.500. The van der Waals surface area contributed by atoms with Crippen LogP contribution in [-0.4, -0.2) is 19.8 Å². The Balaban J connectivity index is 1.81. The molecule has 0 radical (unpaired) electrons. The summed E-state index contributed by atoms with van der Waals surface area (Å²) in [7, 11) is 0. The SMILES string of the molecule is Ic1cccc(NCC2CCCOC2)c1. The lowest BCUT2D eigenvalue weighted by molar-refractivity contribution is 0.0595. The molecule has 1 heterocycles. The van der Waals surface area contributed by atoms with Crippen molar-refractivity contribution in [2.24, 2.45) is 5.92 Å². The smallest absolute Gasteiger partial charge is 0.0511 e. The van der Waals surface area contributed by atoms with Gasteiger partial charge >= 0.3 is 0 Å². The molecule has 82 valence electrons. The van der Waals surface area contributed by atoms with E-state index in [1.807, 2.05) is 0 Å². The van der Waals surface area contributed by atoms with Crippen molar-refractivity contribution in [2.75, 3.05) is 25.1 Å². The van der Waals surface area contributed by atoms with Crippen LogP contribution in [0.3, 0.4) is 0 Å². The fourth-order valence-electron chi connectivity index (χ4n) is 1.83. The number of nitrogens with one attached hydrogen (secondary N) is 1. The van der Waals surface area contributed by atoms with E-state index in [4.69, 9.17) is 4.74 Å². The fourth-order valence-corrected chi connectivity index (χ4v) is 2.37. The molecule has 0 spiro atoms. The second-order valence-electron chi connectivity index (χ2n) is 3.97. The van der Waals surface area contributed by atoms with Crippen LogP contribution >= 0.6 is 22.6 Å². The molecule has 1 aliphatic heterocycles. The minimum Gasteiger partial charge on any atom is -0.385 e. The summed E-state index contributed by atoms with van der Waals surface area (Å²) in [5.74, 6) is 0.677. The van der Waals surface area contributed by atoms with Crippen LogP contribution in [0.4, 0.5) is 5.69 Å². The molecule has 0 bridgehead atoms. The highest BCUT2D eigenvalue weighted by Crippen LogP contribution is 2.16. The third-order valence-corrected chi connectivity index (χ3v) is 3.35. The molecule has 1 saturated heterocycles. The predicted molar refractivity (Wildman–Crippen MR) is 71.2 cm³/mol. The Kier molecular flexibility index (Phi) is 4.26. The van der Waals surface area contributed by atoms with E-state index in [2.05, 4.69) is 52.2 Å². The summed E-state index contributed by atoms with van der Waals surface area (Å²) in [5, 5.41) is 3.47. The standard InChI is InChI=1S/C12H16INO/c13-11-4-1-5-12(7-11)14-8-10-3-2-6-15-9-10/h1,4-5,7,10,14H,2-3,6,8-9H2. The highest BCUT2D eigenvalue weighted by atomic mass is 127. The maximum absolute atomic E-state index is 5.45. The zero-order valence-corrected chi connectivity index (χ0v) is 10.9. The van der Waals surface area contributed by atoms with Gasteiger partial charge in [0.25, 0.3) is 0 Å². The predicted octanol–water partition coefficient (Wildman–Crippen LogP) is 3.13. The summed E-state index contributed by atoms with van der Waals surface area (Å²) < 4.78 is 6.73. The van der Waals surface area contributed by atoms with Crippen molar-refractivity contribution in [3.8, 4) is 0 Å². The minimum atomic E-state index is 0.677. The van der Waals surface area contributed by atoms with E-state index in [1.54, 1.807) is 0 Å². The molecule has 0 aromatic heterocycles. The zero-order valence-electron chi connectivity index (χ0n) is 8.71. The molecule has 0 amide bonds. The van der Waals surface area contributed by atoms with Crippen molar-refractivity contribution in [1.82, 2.24) is 0 Å². The second-order valence-corrected chi connectivity index (χ2v) is 5.22. The summed E-state index contributed by atoms with van der Waals surface area (Å²) in [6.07, 6.45) is 2.50. The van der Waals surface area contributed by atoms with E-state index in [9.17, 15) is 0 Å². The summed E-state index contributed by atoms with van der Waals surface area (Å²) >= 11 is 2.33. The van der Waals surface area contributed by atoms with Crippen LogP contribution in [-0.2, 0) is 4.74 Å². The van der Waals surface area contributed by atoms with E-state index >= 15 is 0 Å². The molecular weight excluding hydrogens is 301 g/mol. The van der Waals surface area contributed by atoms with Gasteiger partial charge in [-0.15, -0.1) is 0 Å². The molecule has 0 aliphatic carbocycles. The van der Waals surface area contributed by atoms with E-state index in [-0.39, 0.29) is 0 Å². The Morgan fingerprint density at radius 1 is 1.47 bits per heavy atom. The van der Waals surface area contributed by atoms with E-state index in [0.29, 0.717) is 5.92 Å². The van der Waals surface area contributed by atoms with Crippen molar-refractivity contribution in [2.45, 2.75) is 12.8 Å². The van der Waals surface area contributed by atoms with Gasteiger partial charge in [-0.1, -0.05) is 6.07 Å². The van der Waals surface area contributed by atoms with Gasteiger partial charge in [0.15, 0.2) is 0 Å². The zero-order chi connectivity index (χ0) is 10.5. The number of anilines is 1. The highest BCUT2D eigenvalue weighted by Gasteiger charge is 2.13. The Hall–Kier alpha value is -0.290. The molecule has 1 fully saturated rings. The largest absolute Gasteiger partial charge is 0.385 e. The molecule has 2 nitrogen and oxygen atoms in total. The van der Waals surface area contributed by atoms with E-state index < -0.39 is 0 Å². The first kappa shape index (κ1) is 11.2. The van der Waals surface area contributed by atoms with E-state index in [0.717, 1.165) is 19.8 Å². The molecule has 1 atom stereocenters. The van der Waals surface area contributed by atoms with Crippen molar-refractivity contribution in [3.63, 3.8) is 0 Å². The third-order valence-electron chi connectivity index (χ3n) is 2.67. The summed E-state index contributed by atoms with van der Waals surface area (Å²) in [6, 6.07) is 8.48. The topological polar surface area (TPSA) is 21.3 Å². The number of hydrogen-bond donors (Lipinski definition) is 1. The van der Waals surface area contributed by atoms with Gasteiger partial charge in [0.2, 0.25) is 0 Å². The van der Waals surface area contributed by atoms with Gasteiger partial charge in [-0.3, -0.25) is 0 Å². The van der Waals surface area contributed by atoms with Gasteiger partial charge in [0.1, 0.15) is 0 Å². The number of ether oxygens (including phenoxy) is 1. The molecule has 1 aliphatic rings. The molecule has 2 rings (SSSR count). The summed E-state index contributed by atoms with van der Waals surface area (Å²) in [5.41, 5.74) is 1.22. The van der Waals surface area contributed by atoms with Crippen LogP contribution in [0, 0.1) is 9.49 Å². The first-order valence-corrected chi connectivity index (χ1v) is 6.49. The van der Waals surface area contributed by atoms with Crippen LogP contribution in [0.5, 0.6) is 0 Å². The molecular formula is C12H16INO. The van der Waals surface area contributed by atoms with Crippen LogP contribution in [0.25, 0.3) is 0 Å². The Morgan fingerprint density at radius 2 is 2.40 bits per heavy atom. The summed E-state index contributed by atoms with van der Waals surface area (Å²) in [6.45, 7) is 2.89. The van der Waals surface area contributed by atoms with Crippen LogP contribution in [0.2, 0.25) is 0 Å². The molecule has 3 heteroatoms. The van der Waals surface area contributed by atoms with Gasteiger partial charge in [-0.25, -0.2) is 0 Å². The average molecular weight is 317 g/mol. The average Bonchev–Trinajstić information content (AvgIpc) is 2.28. The monoisotopic (exact) mass is 317 g/mol. The molecule has 0 saturated carbocycles. The van der Waals surface area contributed by atoms with Crippen molar-refractivity contribution < 1.29 is 4.74 Å². The van der Waals surface area contributed by atoms with Gasteiger partial charge in [-0.05, 0) is 59.5 Å². The molecule has 1 aromatic carbocycles. The number of halogens is 1. The lowest BCUT2D eigenvalue weighted by atomic mass is 10.0. The quantitative estimate of drug-likeness (QED) is 0.865. The van der Waals surface area contributed by atoms with Crippen molar-refractivity contribution in [3.05, 3.63) is 27.8 Å². The van der Waals surface area contributed by atoms with Crippen LogP contribution in [0.1, 0.15) is 12.8 Å². The molecule has 15 heavy (non-hydrogen) atoms. The van der Waals surface area contributed by atoms with E-state index in [1.165, 1.54) is 22.1 Å². The van der Waals surface area contributed by atoms with Gasteiger partial charge in [0, 0.05) is 22.4 Å². The second kappa shape index (κ2) is 5.70. The normalized spacial score (nSPS) is 21.3. The van der Waals surface area contributed by atoms with Gasteiger partial charge in [0.05, 0.1) is 6.61 Å². The minimum absolute atomic E-state index is 0.677. The number of benzene rings is 1. The van der Waals surface area contributed by atoms with Crippen molar-refractivity contribution in [1.29, 1.82) is 0 Å².